The number of carbonyl (C=O) groups is 1. The summed E-state index contributed by atoms with van der Waals surface area (Å²) >= 11 is 0. The van der Waals surface area contributed by atoms with Crippen molar-refractivity contribution in [3.63, 3.8) is 0 Å². The van der Waals surface area contributed by atoms with E-state index in [-0.39, 0.29) is 76.0 Å². The number of rotatable bonds is 13. The maximum Gasteiger partial charge on any atom is 1.00 e. The van der Waals surface area contributed by atoms with Gasteiger partial charge in [-0.05, 0) is 210 Å². The van der Waals surface area contributed by atoms with Gasteiger partial charge in [-0.3, -0.25) is 4.79 Å². The van der Waals surface area contributed by atoms with E-state index >= 15 is 0 Å². The number of ether oxygens (including phenoxy) is 1. The van der Waals surface area contributed by atoms with Gasteiger partial charge in [0.1, 0.15) is 6.61 Å². The largest absolute Gasteiger partial charge is 1.00 e. The van der Waals surface area contributed by atoms with Crippen molar-refractivity contribution >= 4 is 5.97 Å². The standard InChI is InChI=1S/C22H36O2.2C20H34O.K.H2O/c1-16(12-15-24-18(3)23)8-10-19-17(2)9-11-20-21(4,5)13-7-14-22(19,20)6;2*1-15(11-14-21)7-9-17-16(2)8-10-18-19(3,4)12-6-13-20(17,18)5;;/h12,19-20H,2,7-11,13-15H2,1,3-6H3;2*11,17-18,21H,2,6-10,12-14H2,1,3-5H3;;1H2/q;;;+1;/p-1/b;15-11+;15-11-;;/t19-,20-,22+;2*17-,18-,20+;;/m000../s1. The van der Waals surface area contributed by atoms with E-state index < -0.39 is 0 Å². The van der Waals surface area contributed by atoms with Crippen LogP contribution in [0.3, 0.4) is 0 Å². The SMILES string of the molecule is C=C1CC[C@H]2C(C)(C)CCC[C@]2(C)[C@H]1CC/C(C)=C/CO.C=C1CC[C@H]2C(C)(C)CCC[C@]2(C)[C@H]1CC/C(C)=C\CO.C=C1CC[C@H]2C(C)(C)CCC[C@]2(C)[C@H]1CCC(C)=CCOC(C)=O.[K+].[OH-]. The van der Waals surface area contributed by atoms with Gasteiger partial charge < -0.3 is 20.4 Å². The first kappa shape index (κ1) is 63.5. The second kappa shape index (κ2) is 27.1. The molecule has 0 heterocycles. The van der Waals surface area contributed by atoms with Crippen molar-refractivity contribution in [2.24, 2.45) is 68.0 Å². The zero-order chi connectivity index (χ0) is 49.3. The van der Waals surface area contributed by atoms with Crippen LogP contribution in [-0.2, 0) is 9.53 Å². The maximum atomic E-state index is 10.9. The molecule has 6 saturated carbocycles. The molecule has 68 heavy (non-hydrogen) atoms. The Balaban J connectivity index is 0.000000346. The molecule has 0 amide bonds. The van der Waals surface area contributed by atoms with Crippen molar-refractivity contribution in [2.75, 3.05) is 19.8 Å². The van der Waals surface area contributed by atoms with Crippen LogP contribution in [-0.4, -0.2) is 41.5 Å². The summed E-state index contributed by atoms with van der Waals surface area (Å²) in [6, 6.07) is 0. The molecule has 6 aliphatic rings. The number of aliphatic hydroxyl groups excluding tert-OH is 2. The summed E-state index contributed by atoms with van der Waals surface area (Å²) in [5, 5.41) is 18.1. The third-order valence-electron chi connectivity index (χ3n) is 20.0. The molecule has 6 fully saturated rings. The fraction of sp³-hybridized carbons (Fsp3) is 0.790. The molecular weight excluding hydrogens is 864 g/mol. The van der Waals surface area contributed by atoms with Gasteiger partial charge >= 0.3 is 57.4 Å². The van der Waals surface area contributed by atoms with E-state index in [4.69, 9.17) is 14.9 Å². The second-order valence-corrected chi connectivity index (χ2v) is 25.9. The first-order valence-electron chi connectivity index (χ1n) is 27.1. The van der Waals surface area contributed by atoms with Gasteiger partial charge in [0.25, 0.3) is 0 Å². The smallest absolute Gasteiger partial charge is 0.870 e. The molecule has 0 radical (unpaired) electrons. The Labute approximate surface area is 462 Å². The summed E-state index contributed by atoms with van der Waals surface area (Å²) in [6.07, 6.45) is 32.8. The Morgan fingerprint density at radius 1 is 0.529 bits per heavy atom. The van der Waals surface area contributed by atoms with Crippen LogP contribution in [0, 0.1) is 68.0 Å². The summed E-state index contributed by atoms with van der Waals surface area (Å²) in [4.78, 5) is 10.9. The Morgan fingerprint density at radius 3 is 1.07 bits per heavy atom. The summed E-state index contributed by atoms with van der Waals surface area (Å²) in [5.41, 5.74) is 11.2. The topological polar surface area (TPSA) is 96.8 Å². The Hall–Kier alpha value is -0.574. The fourth-order valence-electron chi connectivity index (χ4n) is 16.5. The average Bonchev–Trinajstić information content (AvgIpc) is 3.19. The molecule has 0 bridgehead atoms. The van der Waals surface area contributed by atoms with E-state index in [1.165, 1.54) is 156 Å². The number of esters is 1. The molecule has 5 nitrogen and oxygen atoms in total. The molecule has 0 spiro atoms. The summed E-state index contributed by atoms with van der Waals surface area (Å²) in [6.45, 7) is 44.5. The van der Waals surface area contributed by atoms with Crippen LogP contribution in [0.4, 0.5) is 0 Å². The number of hydrogen-bond acceptors (Lipinski definition) is 5. The van der Waals surface area contributed by atoms with Gasteiger partial charge in [0, 0.05) is 6.92 Å². The van der Waals surface area contributed by atoms with E-state index in [0.717, 1.165) is 37.0 Å². The summed E-state index contributed by atoms with van der Waals surface area (Å²) in [7, 11) is 0. The average molecular weight is 970 g/mol. The van der Waals surface area contributed by atoms with E-state index in [9.17, 15) is 4.79 Å². The number of aliphatic hydroxyl groups is 2. The monoisotopic (exact) mass is 969 g/mol. The molecule has 6 heteroatoms. The normalized spacial score (nSPS) is 34.2. The molecule has 0 aromatic rings. The third-order valence-corrected chi connectivity index (χ3v) is 20.0. The van der Waals surface area contributed by atoms with Crippen LogP contribution in [0.1, 0.15) is 225 Å². The van der Waals surface area contributed by atoms with Crippen LogP contribution in [0.15, 0.2) is 71.4 Å². The van der Waals surface area contributed by atoms with Crippen molar-refractivity contribution in [3.05, 3.63) is 71.4 Å². The van der Waals surface area contributed by atoms with E-state index in [1.54, 1.807) is 0 Å². The molecule has 384 valence electrons. The predicted molar refractivity (Wildman–Crippen MR) is 285 cm³/mol. The van der Waals surface area contributed by atoms with Crippen molar-refractivity contribution in [2.45, 2.75) is 225 Å². The van der Waals surface area contributed by atoms with E-state index in [0.29, 0.717) is 56.9 Å². The molecule has 0 aromatic carbocycles. The van der Waals surface area contributed by atoms with Crippen molar-refractivity contribution in [1.29, 1.82) is 0 Å². The molecule has 6 rings (SSSR count). The second-order valence-electron chi connectivity index (χ2n) is 25.9. The minimum absolute atomic E-state index is 0. The number of carbonyl (C=O) groups excluding carboxylic acids is 1. The summed E-state index contributed by atoms with van der Waals surface area (Å²) < 4.78 is 5.03. The Morgan fingerprint density at radius 2 is 0.809 bits per heavy atom. The minimum atomic E-state index is -0.209. The van der Waals surface area contributed by atoms with Gasteiger partial charge in [-0.1, -0.05) is 147 Å². The third kappa shape index (κ3) is 15.7. The van der Waals surface area contributed by atoms with Gasteiger partial charge in [0.05, 0.1) is 13.2 Å². The molecule has 9 atom stereocenters. The van der Waals surface area contributed by atoms with Gasteiger partial charge in [-0.15, -0.1) is 0 Å². The van der Waals surface area contributed by atoms with Crippen molar-refractivity contribution < 1.29 is 76.6 Å². The Kier molecular flexibility index (Phi) is 25.3. The molecule has 0 saturated heterocycles. The number of fused-ring (bicyclic) bond motifs is 3. The maximum absolute atomic E-state index is 10.9. The van der Waals surface area contributed by atoms with Crippen molar-refractivity contribution in [1.82, 2.24) is 0 Å². The Bertz CT molecular complexity index is 1680. The number of allylic oxidation sites excluding steroid dienone is 6. The van der Waals surface area contributed by atoms with Crippen LogP contribution in [0.25, 0.3) is 0 Å². The van der Waals surface area contributed by atoms with E-state index in [1.807, 2.05) is 12.2 Å². The van der Waals surface area contributed by atoms with E-state index in [2.05, 4.69) is 109 Å². The van der Waals surface area contributed by atoms with Crippen molar-refractivity contribution in [3.8, 4) is 0 Å². The fourth-order valence-corrected chi connectivity index (χ4v) is 16.5. The van der Waals surface area contributed by atoms with Gasteiger partial charge in [0.15, 0.2) is 0 Å². The molecule has 0 unspecified atom stereocenters. The molecule has 0 aromatic heterocycles. The minimum Gasteiger partial charge on any atom is -0.870 e. The molecule has 6 aliphatic carbocycles. The van der Waals surface area contributed by atoms with Crippen LogP contribution in [0.5, 0.6) is 0 Å². The van der Waals surface area contributed by atoms with Gasteiger partial charge in [-0.25, -0.2) is 0 Å². The quantitative estimate of drug-likeness (QED) is 0.109. The zero-order valence-corrected chi connectivity index (χ0v) is 50.1. The van der Waals surface area contributed by atoms with Gasteiger partial charge in [-0.2, -0.15) is 0 Å². The number of hydrogen-bond donors (Lipinski definition) is 2. The summed E-state index contributed by atoms with van der Waals surface area (Å²) in [5.74, 6) is 4.26. The first-order valence-corrected chi connectivity index (χ1v) is 27.1. The zero-order valence-electron chi connectivity index (χ0n) is 46.9. The van der Waals surface area contributed by atoms with Gasteiger partial charge in [0.2, 0.25) is 0 Å². The van der Waals surface area contributed by atoms with Crippen LogP contribution in [0.2, 0.25) is 0 Å². The van der Waals surface area contributed by atoms with Crippen LogP contribution < -0.4 is 51.4 Å². The molecular formula is C62H105KO5. The van der Waals surface area contributed by atoms with Crippen LogP contribution >= 0.6 is 0 Å². The molecule has 0 aliphatic heterocycles. The molecule has 3 N–H and O–H groups in total. The first-order chi connectivity index (χ1) is 30.8. The predicted octanol–water partition coefficient (Wildman–Crippen LogP) is 13.9.